The van der Waals surface area contributed by atoms with E-state index in [4.69, 9.17) is 0 Å². The molecule has 0 aliphatic heterocycles. The van der Waals surface area contributed by atoms with Crippen LogP contribution in [0.4, 0.5) is 5.95 Å². The largest absolute Gasteiger partial charge is 0.386 e. The zero-order chi connectivity index (χ0) is 13.4. The Morgan fingerprint density at radius 1 is 1.26 bits per heavy atom. The fourth-order valence-corrected chi connectivity index (χ4v) is 2.04. The summed E-state index contributed by atoms with van der Waals surface area (Å²) in [5.41, 5.74) is 2.73. The van der Waals surface area contributed by atoms with E-state index in [1.807, 2.05) is 18.2 Å². The van der Waals surface area contributed by atoms with Crippen LogP contribution >= 0.6 is 0 Å². The minimum atomic E-state index is -0.0396. The van der Waals surface area contributed by atoms with E-state index >= 15 is 0 Å². The van der Waals surface area contributed by atoms with Gasteiger partial charge in [0.15, 0.2) is 0 Å². The number of hydrogen-bond donors (Lipinski definition) is 1. The monoisotopic (exact) mass is 258 g/mol. The first-order chi connectivity index (χ1) is 9.16. The van der Waals surface area contributed by atoms with Crippen LogP contribution in [0, 0.1) is 0 Å². The Bertz CT molecular complexity index is 768. The van der Waals surface area contributed by atoms with Crippen LogP contribution in [0.2, 0.25) is 0 Å². The minimum absolute atomic E-state index is 0.0396. The maximum Gasteiger partial charge on any atom is 0.328 e. The van der Waals surface area contributed by atoms with E-state index in [-0.39, 0.29) is 5.69 Å². The third-order valence-electron chi connectivity index (χ3n) is 3.07. The smallest absolute Gasteiger partial charge is 0.328 e. The average molecular weight is 258 g/mol. The van der Waals surface area contributed by atoms with Crippen molar-refractivity contribution in [2.45, 2.75) is 6.54 Å². The third kappa shape index (κ3) is 1.86. The topological polar surface area (TPSA) is 95.5 Å². The zero-order valence-electron chi connectivity index (χ0n) is 10.5. The van der Waals surface area contributed by atoms with Crippen molar-refractivity contribution in [3.63, 3.8) is 0 Å². The number of H-pyrrole nitrogens is 1. The number of benzene rings is 1. The highest BCUT2D eigenvalue weighted by Gasteiger charge is 2.07. The Balaban J connectivity index is 1.93. The molecule has 8 nitrogen and oxygen atoms in total. The van der Waals surface area contributed by atoms with E-state index in [1.165, 1.54) is 0 Å². The van der Waals surface area contributed by atoms with Crippen molar-refractivity contribution >= 4 is 17.0 Å². The van der Waals surface area contributed by atoms with Gasteiger partial charge in [0.25, 0.3) is 0 Å². The van der Waals surface area contributed by atoms with E-state index < -0.39 is 0 Å². The third-order valence-corrected chi connectivity index (χ3v) is 3.07. The molecule has 0 saturated carbocycles. The van der Waals surface area contributed by atoms with Gasteiger partial charge in [-0.25, -0.2) is 4.79 Å². The van der Waals surface area contributed by atoms with E-state index in [1.54, 1.807) is 23.2 Å². The number of hydrogen-bond acceptors (Lipinski definition) is 4. The Morgan fingerprint density at radius 2 is 2.05 bits per heavy atom. The van der Waals surface area contributed by atoms with Crippen LogP contribution in [0.1, 0.15) is 5.56 Å². The fraction of sp³-hybridized carbons (Fsp3) is 0.273. The Labute approximate surface area is 108 Å². The lowest BCUT2D eigenvalue weighted by Gasteiger charge is -2.07. The molecule has 0 aliphatic rings. The first-order valence-corrected chi connectivity index (χ1v) is 5.72. The van der Waals surface area contributed by atoms with Crippen LogP contribution in [-0.2, 0) is 20.6 Å². The van der Waals surface area contributed by atoms with Crippen molar-refractivity contribution < 1.29 is 0 Å². The number of aryl methyl sites for hydroxylation is 2. The molecule has 2 aromatic heterocycles. The summed E-state index contributed by atoms with van der Waals surface area (Å²) in [6.07, 6.45) is 0. The summed E-state index contributed by atoms with van der Waals surface area (Å²) in [6, 6.07) is 5.80. The molecule has 98 valence electrons. The van der Waals surface area contributed by atoms with Gasteiger partial charge in [-0.05, 0) is 17.7 Å². The van der Waals surface area contributed by atoms with Gasteiger partial charge in [0.1, 0.15) is 0 Å². The van der Waals surface area contributed by atoms with Crippen molar-refractivity contribution in [1.82, 2.24) is 29.8 Å². The van der Waals surface area contributed by atoms with E-state index in [0.29, 0.717) is 12.5 Å². The van der Waals surface area contributed by atoms with Crippen LogP contribution in [0.5, 0.6) is 0 Å². The molecule has 19 heavy (non-hydrogen) atoms. The van der Waals surface area contributed by atoms with Crippen LogP contribution in [-0.4, -0.2) is 29.8 Å². The van der Waals surface area contributed by atoms with Crippen molar-refractivity contribution in [2.24, 2.45) is 14.1 Å². The van der Waals surface area contributed by atoms with Gasteiger partial charge in [0.2, 0.25) is 0 Å². The highest BCUT2D eigenvalue weighted by atomic mass is 16.1. The van der Waals surface area contributed by atoms with Gasteiger partial charge in [-0.3, -0.25) is 24.5 Å². The van der Waals surface area contributed by atoms with Gasteiger partial charge in [-0.1, -0.05) is 6.07 Å². The van der Waals surface area contributed by atoms with Crippen molar-refractivity contribution in [3.05, 3.63) is 39.6 Å². The number of rotatable bonds is 3. The zero-order valence-corrected chi connectivity index (χ0v) is 10.5. The Hall–Kier alpha value is -2.64. The fourth-order valence-electron chi connectivity index (χ4n) is 2.04. The summed E-state index contributed by atoms with van der Waals surface area (Å²) < 4.78 is 3.24. The van der Waals surface area contributed by atoms with Crippen LogP contribution in [0.3, 0.4) is 0 Å². The predicted molar refractivity (Wildman–Crippen MR) is 69.1 cm³/mol. The van der Waals surface area contributed by atoms with Gasteiger partial charge in [0.05, 0.1) is 17.0 Å². The maximum absolute atomic E-state index is 11.8. The van der Waals surface area contributed by atoms with Crippen LogP contribution < -0.4 is 5.69 Å². The molecule has 3 rings (SSSR count). The molecule has 0 unspecified atom stereocenters. The molecular formula is C11H12N7O-. The second kappa shape index (κ2) is 4.23. The summed E-state index contributed by atoms with van der Waals surface area (Å²) in [4.78, 5) is 11.8. The van der Waals surface area contributed by atoms with Gasteiger partial charge in [-0.15, -0.1) is 5.21 Å². The maximum atomic E-state index is 11.8. The van der Waals surface area contributed by atoms with Gasteiger partial charge in [0, 0.05) is 20.6 Å². The predicted octanol–water partition coefficient (Wildman–Crippen LogP) is 0.595. The van der Waals surface area contributed by atoms with Crippen LogP contribution in [0.15, 0.2) is 23.0 Å². The number of tetrazole rings is 1. The molecule has 0 amide bonds. The van der Waals surface area contributed by atoms with Crippen LogP contribution in [0.25, 0.3) is 16.4 Å². The number of nitrogens with one attached hydrogen (secondary N) is 1. The Kier molecular flexibility index (Phi) is 2.55. The SMILES string of the molecule is Cn1c(=O)n(C)c2cc(C[N-]c3nn[nH]n3)ccc21. The number of nitrogens with zero attached hydrogens (tertiary/aromatic N) is 6. The molecule has 0 radical (unpaired) electrons. The first kappa shape index (κ1) is 11.5. The highest BCUT2D eigenvalue weighted by molar-refractivity contribution is 5.76. The first-order valence-electron chi connectivity index (χ1n) is 5.72. The average Bonchev–Trinajstić information content (AvgIpc) is 3.01. The lowest BCUT2D eigenvalue weighted by Crippen LogP contribution is -2.19. The molecule has 1 aromatic carbocycles. The molecule has 0 bridgehead atoms. The normalized spacial score (nSPS) is 11.1. The van der Waals surface area contributed by atoms with E-state index in [9.17, 15) is 4.79 Å². The molecule has 0 aliphatic carbocycles. The van der Waals surface area contributed by atoms with Gasteiger partial charge in [-0.2, -0.15) is 0 Å². The molecule has 8 heteroatoms. The highest BCUT2D eigenvalue weighted by Crippen LogP contribution is 2.18. The lowest BCUT2D eigenvalue weighted by molar-refractivity contribution is 0.795. The second-order valence-corrected chi connectivity index (χ2v) is 4.25. The summed E-state index contributed by atoms with van der Waals surface area (Å²) >= 11 is 0. The molecule has 0 atom stereocenters. The summed E-state index contributed by atoms with van der Waals surface area (Å²) in [5, 5.41) is 17.5. The summed E-state index contributed by atoms with van der Waals surface area (Å²) in [6.45, 7) is 0.443. The van der Waals surface area contributed by atoms with Crippen molar-refractivity contribution in [3.8, 4) is 0 Å². The lowest BCUT2D eigenvalue weighted by atomic mass is 10.2. The van der Waals surface area contributed by atoms with Crippen molar-refractivity contribution in [2.75, 3.05) is 0 Å². The molecular weight excluding hydrogens is 246 g/mol. The number of fused-ring (bicyclic) bond motifs is 1. The standard InChI is InChI=1S/C11H12N7O/c1-17-8-4-3-7(5-9(8)18(2)11(17)19)6-12-10-13-15-16-14-10/h3-5H,6H2,1-2H3,(H-,12,13,14,15,16)/q-1. The van der Waals surface area contributed by atoms with Gasteiger partial charge >= 0.3 is 5.69 Å². The molecule has 3 aromatic rings. The molecule has 2 heterocycles. The quantitative estimate of drug-likeness (QED) is 0.743. The van der Waals surface area contributed by atoms with E-state index in [0.717, 1.165) is 16.6 Å². The second-order valence-electron chi connectivity index (χ2n) is 4.25. The summed E-state index contributed by atoms with van der Waals surface area (Å²) in [5.74, 6) is 0.321. The number of aromatic nitrogens is 6. The number of aromatic amines is 1. The number of imidazole rings is 1. The van der Waals surface area contributed by atoms with Gasteiger partial charge < -0.3 is 5.32 Å². The summed E-state index contributed by atoms with van der Waals surface area (Å²) in [7, 11) is 3.51. The molecule has 0 saturated heterocycles. The molecule has 0 spiro atoms. The Morgan fingerprint density at radius 3 is 2.79 bits per heavy atom. The van der Waals surface area contributed by atoms with Crippen molar-refractivity contribution in [1.29, 1.82) is 0 Å². The molecule has 1 N–H and O–H groups in total. The molecule has 0 fully saturated rings. The van der Waals surface area contributed by atoms with E-state index in [2.05, 4.69) is 25.9 Å². The minimum Gasteiger partial charge on any atom is -0.386 e.